The molecule has 11 nitrogen and oxygen atoms in total. The molecule has 0 spiro atoms. The van der Waals surface area contributed by atoms with E-state index < -0.39 is 11.7 Å². The third-order valence-electron chi connectivity index (χ3n) is 9.05. The Hall–Kier alpha value is -4.12. The zero-order valence-electron chi connectivity index (χ0n) is 25.3. The van der Waals surface area contributed by atoms with E-state index in [1.807, 2.05) is 50.7 Å². The number of piperidine rings is 1. The van der Waals surface area contributed by atoms with Gasteiger partial charge in [-0.05, 0) is 76.3 Å². The van der Waals surface area contributed by atoms with E-state index in [4.69, 9.17) is 20.2 Å². The highest BCUT2D eigenvalue weighted by Gasteiger charge is 2.54. The maximum absolute atomic E-state index is 14.0. The molecule has 1 aliphatic heterocycles. The average Bonchev–Trinajstić information content (AvgIpc) is 3.36. The molecule has 2 saturated carbocycles. The minimum absolute atomic E-state index is 0.0607. The number of hydrogen-bond acceptors (Lipinski definition) is 7. The van der Waals surface area contributed by atoms with Crippen LogP contribution < -0.4 is 15.8 Å². The van der Waals surface area contributed by atoms with E-state index >= 15 is 0 Å². The lowest BCUT2D eigenvalue weighted by Gasteiger charge is -2.32. The number of methoxy groups -OCH3 is 1. The Bertz CT molecular complexity index is 1750. The minimum atomic E-state index is -0.615. The van der Waals surface area contributed by atoms with Crippen LogP contribution >= 0.6 is 0 Å². The number of aryl methyl sites for hydroxylation is 1. The SMILES string of the molecule is COc1cc(C(=O)N2C[C@H]3C[C@H](N)[C@@H]2[C@@H]3NC(=O)OC(C)(C)C)cc2nc(-c3cc4cccnc4n3CC3CC3)n(C)c12. The summed E-state index contributed by atoms with van der Waals surface area (Å²) in [6.45, 7) is 6.89. The summed E-state index contributed by atoms with van der Waals surface area (Å²) in [5.41, 5.74) is 9.80. The lowest BCUT2D eigenvalue weighted by Crippen LogP contribution is -2.53. The number of ether oxygens (including phenoxy) is 2. The van der Waals surface area contributed by atoms with Crippen molar-refractivity contribution in [2.24, 2.45) is 24.6 Å². The molecule has 3 fully saturated rings. The van der Waals surface area contributed by atoms with Crippen LogP contribution in [0.25, 0.3) is 33.6 Å². The molecule has 4 aromatic rings. The van der Waals surface area contributed by atoms with E-state index in [1.165, 1.54) is 12.8 Å². The van der Waals surface area contributed by atoms with Gasteiger partial charge in [0.2, 0.25) is 0 Å². The van der Waals surface area contributed by atoms with Crippen molar-refractivity contribution in [1.29, 1.82) is 0 Å². The van der Waals surface area contributed by atoms with Gasteiger partial charge < -0.3 is 34.6 Å². The summed E-state index contributed by atoms with van der Waals surface area (Å²) in [6, 6.07) is 8.97. The summed E-state index contributed by atoms with van der Waals surface area (Å²) in [7, 11) is 3.59. The van der Waals surface area contributed by atoms with E-state index in [0.29, 0.717) is 29.3 Å². The first kappa shape index (κ1) is 27.7. The monoisotopic (exact) mass is 585 g/mol. The summed E-state index contributed by atoms with van der Waals surface area (Å²) in [5, 5.41) is 4.07. The minimum Gasteiger partial charge on any atom is -0.494 e. The van der Waals surface area contributed by atoms with Gasteiger partial charge in [0.1, 0.15) is 22.5 Å². The van der Waals surface area contributed by atoms with Crippen LogP contribution in [-0.2, 0) is 18.3 Å². The molecular formula is C32H39N7O4. The van der Waals surface area contributed by atoms with Crippen molar-refractivity contribution >= 4 is 34.1 Å². The fourth-order valence-corrected chi connectivity index (χ4v) is 7.03. The molecule has 226 valence electrons. The molecule has 1 saturated heterocycles. The van der Waals surface area contributed by atoms with Crippen LogP contribution in [0.3, 0.4) is 0 Å². The molecule has 3 aliphatic rings. The molecule has 3 aromatic heterocycles. The molecule has 3 N–H and O–H groups in total. The number of benzene rings is 1. The highest BCUT2D eigenvalue weighted by atomic mass is 16.6. The molecule has 4 heterocycles. The molecule has 7 rings (SSSR count). The molecule has 43 heavy (non-hydrogen) atoms. The number of carbonyl (C=O) groups excluding carboxylic acids is 2. The quantitative estimate of drug-likeness (QED) is 0.349. The van der Waals surface area contributed by atoms with Gasteiger partial charge in [0.05, 0.1) is 30.4 Å². The number of aromatic nitrogens is 4. The fourth-order valence-electron chi connectivity index (χ4n) is 7.03. The third kappa shape index (κ3) is 4.79. The van der Waals surface area contributed by atoms with Crippen LogP contribution in [0.2, 0.25) is 0 Å². The van der Waals surface area contributed by atoms with Gasteiger partial charge in [0, 0.05) is 49.2 Å². The summed E-state index contributed by atoms with van der Waals surface area (Å²) < 4.78 is 15.6. The molecule has 4 atom stereocenters. The highest BCUT2D eigenvalue weighted by molar-refractivity contribution is 6.00. The molecule has 11 heteroatoms. The topological polar surface area (TPSA) is 130 Å². The van der Waals surface area contributed by atoms with Crippen LogP contribution in [0, 0.1) is 11.8 Å². The Kier molecular flexibility index (Phi) is 6.42. The number of likely N-dealkylation sites (tertiary alicyclic amines) is 1. The number of alkyl carbamates (subject to hydrolysis) is 1. The maximum Gasteiger partial charge on any atom is 0.407 e. The van der Waals surface area contributed by atoms with E-state index in [-0.39, 0.29) is 30.0 Å². The summed E-state index contributed by atoms with van der Waals surface area (Å²) in [4.78, 5) is 38.2. The number of carbonyl (C=O) groups is 2. The summed E-state index contributed by atoms with van der Waals surface area (Å²) in [6.07, 6.45) is 4.53. The van der Waals surface area contributed by atoms with Gasteiger partial charge in [0.15, 0.2) is 5.82 Å². The molecule has 0 unspecified atom stereocenters. The number of fused-ring (bicyclic) bond motifs is 4. The third-order valence-corrected chi connectivity index (χ3v) is 9.05. The van der Waals surface area contributed by atoms with Gasteiger partial charge in [-0.3, -0.25) is 4.79 Å². The van der Waals surface area contributed by atoms with E-state index in [1.54, 1.807) is 18.1 Å². The normalized spacial score (nSPS) is 23.3. The van der Waals surface area contributed by atoms with Crippen molar-refractivity contribution in [3.63, 3.8) is 0 Å². The van der Waals surface area contributed by atoms with Gasteiger partial charge in [-0.1, -0.05) is 0 Å². The number of nitrogens with zero attached hydrogens (tertiary/aromatic N) is 5. The zero-order chi connectivity index (χ0) is 30.2. The second-order valence-corrected chi connectivity index (χ2v) is 13.3. The molecule has 2 bridgehead atoms. The van der Waals surface area contributed by atoms with Crippen LogP contribution in [0.15, 0.2) is 36.5 Å². The Morgan fingerprint density at radius 3 is 2.70 bits per heavy atom. The van der Waals surface area contributed by atoms with Gasteiger partial charge in [-0.25, -0.2) is 14.8 Å². The van der Waals surface area contributed by atoms with Crippen LogP contribution in [0.5, 0.6) is 5.75 Å². The van der Waals surface area contributed by atoms with Gasteiger partial charge >= 0.3 is 6.09 Å². The Morgan fingerprint density at radius 1 is 1.19 bits per heavy atom. The Balaban J connectivity index is 1.23. The molecule has 1 aromatic carbocycles. The lowest BCUT2D eigenvalue weighted by atomic mass is 10.0. The number of amides is 2. The zero-order valence-corrected chi connectivity index (χ0v) is 25.3. The predicted molar refractivity (Wildman–Crippen MR) is 163 cm³/mol. The number of hydrogen-bond donors (Lipinski definition) is 2. The van der Waals surface area contributed by atoms with Crippen molar-refractivity contribution in [1.82, 2.24) is 29.3 Å². The van der Waals surface area contributed by atoms with E-state index in [2.05, 4.69) is 27.0 Å². The second kappa shape index (κ2) is 9.97. The molecular weight excluding hydrogens is 546 g/mol. The van der Waals surface area contributed by atoms with Crippen molar-refractivity contribution in [3.8, 4) is 17.3 Å². The standard InChI is InChI=1S/C32H39N7O4/c1-32(2,3)43-31(41)36-25-20-11-21(33)26(25)39(16-20)30(40)19-12-22-27(24(14-19)42-5)37(4)29(35-22)23-13-18-7-6-10-34-28(18)38(23)15-17-8-9-17/h6-7,10,12-14,17,20-21,25-26H,8-9,11,15-16,33H2,1-5H3,(H,36,41)/t20-,21+,25-,26-/m1/s1. The number of imidazole rings is 1. The maximum atomic E-state index is 14.0. The van der Waals surface area contributed by atoms with Crippen LogP contribution in [0.1, 0.15) is 50.4 Å². The first-order chi connectivity index (χ1) is 20.5. The number of pyridine rings is 1. The van der Waals surface area contributed by atoms with Gasteiger partial charge in [-0.2, -0.15) is 0 Å². The first-order valence-corrected chi connectivity index (χ1v) is 15.1. The fraction of sp³-hybridized carbons (Fsp3) is 0.500. The smallest absolute Gasteiger partial charge is 0.407 e. The highest BCUT2D eigenvalue weighted by Crippen LogP contribution is 2.40. The molecule has 0 radical (unpaired) electrons. The second-order valence-electron chi connectivity index (χ2n) is 13.3. The lowest BCUT2D eigenvalue weighted by molar-refractivity contribution is 0.0482. The van der Waals surface area contributed by atoms with Crippen molar-refractivity contribution < 1.29 is 19.1 Å². The van der Waals surface area contributed by atoms with E-state index in [9.17, 15) is 9.59 Å². The predicted octanol–water partition coefficient (Wildman–Crippen LogP) is 4.07. The van der Waals surface area contributed by atoms with E-state index in [0.717, 1.165) is 41.0 Å². The van der Waals surface area contributed by atoms with Gasteiger partial charge in [-0.15, -0.1) is 0 Å². The summed E-state index contributed by atoms with van der Waals surface area (Å²) >= 11 is 0. The van der Waals surface area contributed by atoms with Crippen molar-refractivity contribution in [2.75, 3.05) is 13.7 Å². The van der Waals surface area contributed by atoms with Gasteiger partial charge in [0.25, 0.3) is 5.91 Å². The average molecular weight is 586 g/mol. The number of nitrogens with one attached hydrogen (secondary N) is 1. The number of nitrogens with two attached hydrogens (primary N) is 1. The Morgan fingerprint density at radius 2 is 1.98 bits per heavy atom. The Labute approximate surface area is 250 Å². The largest absolute Gasteiger partial charge is 0.494 e. The number of rotatable bonds is 6. The van der Waals surface area contributed by atoms with Crippen molar-refractivity contribution in [2.45, 2.75) is 70.3 Å². The van der Waals surface area contributed by atoms with Crippen molar-refractivity contribution in [3.05, 3.63) is 42.1 Å². The molecule has 2 amide bonds. The van der Waals surface area contributed by atoms with Crippen LogP contribution in [-0.4, -0.2) is 73.4 Å². The summed E-state index contributed by atoms with van der Waals surface area (Å²) in [5.74, 6) is 1.92. The first-order valence-electron chi connectivity index (χ1n) is 15.1. The molecule has 2 aliphatic carbocycles. The van der Waals surface area contributed by atoms with Crippen LogP contribution in [0.4, 0.5) is 4.79 Å².